The Morgan fingerprint density at radius 3 is 2.67 bits per heavy atom. The van der Waals surface area contributed by atoms with Gasteiger partial charge in [-0.2, -0.15) is 0 Å². The quantitative estimate of drug-likeness (QED) is 0.498. The number of thioether (sulfide) groups is 2. The molecule has 1 N–H and O–H groups in total. The molecule has 1 unspecified atom stereocenters. The molecule has 0 bridgehead atoms. The lowest BCUT2D eigenvalue weighted by atomic mass is 9.95. The van der Waals surface area contributed by atoms with Crippen LogP contribution in [0.1, 0.15) is 63.3 Å². The van der Waals surface area contributed by atoms with Crippen LogP contribution in [0.2, 0.25) is 0 Å². The van der Waals surface area contributed by atoms with Gasteiger partial charge in [0.15, 0.2) is 5.16 Å². The molecule has 1 atom stereocenters. The van der Waals surface area contributed by atoms with Crippen molar-refractivity contribution in [2.24, 2.45) is 0 Å². The van der Waals surface area contributed by atoms with E-state index in [0.29, 0.717) is 10.4 Å². The number of aryl methyl sites for hydroxylation is 1. The summed E-state index contributed by atoms with van der Waals surface area (Å²) < 4.78 is 1.90. The molecule has 0 spiro atoms. The minimum atomic E-state index is -0.0723. The molecule has 1 aromatic heterocycles. The minimum absolute atomic E-state index is 0.0723. The Morgan fingerprint density at radius 2 is 1.97 bits per heavy atom. The van der Waals surface area contributed by atoms with Gasteiger partial charge in [-0.3, -0.25) is 14.2 Å². The van der Waals surface area contributed by atoms with E-state index in [1.165, 1.54) is 23.7 Å². The number of carbonyl (C=O) groups is 1. The van der Waals surface area contributed by atoms with Crippen LogP contribution in [0.5, 0.6) is 0 Å². The van der Waals surface area contributed by atoms with Crippen molar-refractivity contribution in [3.05, 3.63) is 45.9 Å². The lowest BCUT2D eigenvalue weighted by molar-refractivity contribution is -0.113. The van der Waals surface area contributed by atoms with Gasteiger partial charge < -0.3 is 5.32 Å². The third-order valence-corrected chi connectivity index (χ3v) is 8.00. The van der Waals surface area contributed by atoms with Crippen molar-refractivity contribution in [3.63, 3.8) is 0 Å². The third-order valence-electron chi connectivity index (χ3n) is 5.83. The molecule has 2 aliphatic rings. The second-order valence-corrected chi connectivity index (χ2v) is 10.5. The number of rotatable bonds is 6. The summed E-state index contributed by atoms with van der Waals surface area (Å²) in [7, 11) is 0. The number of nitrogens with zero attached hydrogens (tertiary/aromatic N) is 2. The van der Waals surface area contributed by atoms with Crippen LogP contribution in [-0.2, 0) is 17.6 Å². The van der Waals surface area contributed by atoms with Crippen LogP contribution >= 0.6 is 23.5 Å². The van der Waals surface area contributed by atoms with E-state index in [1.807, 2.05) is 28.8 Å². The summed E-state index contributed by atoms with van der Waals surface area (Å²) in [5.41, 5.74) is 3.05. The number of fused-ring (bicyclic) bond motifs is 1. The Kier molecular flexibility index (Phi) is 6.88. The standard InChI is InChI=1S/C23H29N3O2S2/c1-3-16-9-11-17(12-10-16)24-20(27)14-29-23-25-19-13-15(2)30-21(19)22(28)26(23)18-7-5-4-6-8-18/h9-12,15,18H,3-8,13-14H2,1-2H3,(H,24,27). The number of hydrogen-bond acceptors (Lipinski definition) is 5. The lowest BCUT2D eigenvalue weighted by Crippen LogP contribution is -2.30. The molecule has 2 heterocycles. The Labute approximate surface area is 186 Å². The number of hydrogen-bond donors (Lipinski definition) is 1. The zero-order valence-electron chi connectivity index (χ0n) is 17.6. The van der Waals surface area contributed by atoms with Crippen LogP contribution in [0.4, 0.5) is 5.69 Å². The fraction of sp³-hybridized carbons (Fsp3) is 0.522. The molecule has 7 heteroatoms. The first-order valence-corrected chi connectivity index (χ1v) is 12.7. The van der Waals surface area contributed by atoms with Crippen LogP contribution in [0.25, 0.3) is 0 Å². The molecule has 0 radical (unpaired) electrons. The molecule has 1 aliphatic carbocycles. The van der Waals surface area contributed by atoms with Gasteiger partial charge in [-0.05, 0) is 37.0 Å². The summed E-state index contributed by atoms with van der Waals surface area (Å²) in [5, 5.41) is 4.05. The fourth-order valence-corrected chi connectivity index (χ4v) is 6.21. The molecule has 2 aromatic rings. The van der Waals surface area contributed by atoms with E-state index < -0.39 is 0 Å². The van der Waals surface area contributed by atoms with E-state index >= 15 is 0 Å². The van der Waals surface area contributed by atoms with Gasteiger partial charge >= 0.3 is 0 Å². The van der Waals surface area contributed by atoms with Crippen molar-refractivity contribution in [1.29, 1.82) is 0 Å². The minimum Gasteiger partial charge on any atom is -0.325 e. The first kappa shape index (κ1) is 21.5. The molecule has 30 heavy (non-hydrogen) atoms. The number of benzene rings is 1. The van der Waals surface area contributed by atoms with E-state index in [-0.39, 0.29) is 23.3 Å². The fourth-order valence-electron chi connectivity index (χ4n) is 4.23. The highest BCUT2D eigenvalue weighted by Crippen LogP contribution is 2.37. The molecule has 160 valence electrons. The maximum atomic E-state index is 13.3. The molecular formula is C23H29N3O2S2. The van der Waals surface area contributed by atoms with Crippen molar-refractivity contribution >= 4 is 35.1 Å². The summed E-state index contributed by atoms with van der Waals surface area (Å²) in [5.74, 6) is 0.174. The van der Waals surface area contributed by atoms with Gasteiger partial charge in [0, 0.05) is 23.4 Å². The van der Waals surface area contributed by atoms with Crippen molar-refractivity contribution in [2.45, 2.75) is 80.1 Å². The van der Waals surface area contributed by atoms with Crippen LogP contribution < -0.4 is 10.9 Å². The second kappa shape index (κ2) is 9.60. The van der Waals surface area contributed by atoms with Crippen LogP contribution in [-0.4, -0.2) is 26.5 Å². The van der Waals surface area contributed by atoms with E-state index in [9.17, 15) is 9.59 Å². The summed E-state index contributed by atoms with van der Waals surface area (Å²) in [6.07, 6.45) is 7.37. The largest absolute Gasteiger partial charge is 0.325 e. The van der Waals surface area contributed by atoms with E-state index in [1.54, 1.807) is 11.8 Å². The number of nitrogens with one attached hydrogen (secondary N) is 1. The predicted molar refractivity (Wildman–Crippen MR) is 125 cm³/mol. The van der Waals surface area contributed by atoms with Gasteiger partial charge in [-0.25, -0.2) is 4.98 Å². The highest BCUT2D eigenvalue weighted by atomic mass is 32.2. The van der Waals surface area contributed by atoms with Gasteiger partial charge in [-0.15, -0.1) is 11.8 Å². The molecule has 0 saturated heterocycles. The van der Waals surface area contributed by atoms with Crippen molar-refractivity contribution < 1.29 is 4.79 Å². The molecule has 1 aliphatic heterocycles. The molecule has 4 rings (SSSR count). The Balaban J connectivity index is 1.52. The Morgan fingerprint density at radius 1 is 1.23 bits per heavy atom. The summed E-state index contributed by atoms with van der Waals surface area (Å²) in [4.78, 5) is 31.5. The Hall–Kier alpha value is -1.73. The van der Waals surface area contributed by atoms with Gasteiger partial charge in [-0.1, -0.05) is 57.0 Å². The SMILES string of the molecule is CCc1ccc(NC(=O)CSc2nc3c(c(=O)n2C2CCCCC2)SC(C)C3)cc1. The monoisotopic (exact) mass is 443 g/mol. The topological polar surface area (TPSA) is 64.0 Å². The molecule has 1 saturated carbocycles. The summed E-state index contributed by atoms with van der Waals surface area (Å²) in [6.45, 7) is 4.25. The second-order valence-electron chi connectivity index (χ2n) is 8.16. The summed E-state index contributed by atoms with van der Waals surface area (Å²) >= 11 is 3.04. The van der Waals surface area contributed by atoms with Crippen molar-refractivity contribution in [2.75, 3.05) is 11.1 Å². The predicted octanol–water partition coefficient (Wildman–Crippen LogP) is 5.08. The first-order valence-electron chi connectivity index (χ1n) is 10.9. The molecule has 1 amide bonds. The maximum Gasteiger partial charge on any atom is 0.268 e. The van der Waals surface area contributed by atoms with Gasteiger partial charge in [0.2, 0.25) is 5.91 Å². The average Bonchev–Trinajstić information content (AvgIpc) is 3.14. The molecular weight excluding hydrogens is 414 g/mol. The smallest absolute Gasteiger partial charge is 0.268 e. The third kappa shape index (κ3) is 4.78. The highest BCUT2D eigenvalue weighted by molar-refractivity contribution is 8.00. The normalized spacial score (nSPS) is 18.9. The highest BCUT2D eigenvalue weighted by Gasteiger charge is 2.29. The van der Waals surface area contributed by atoms with E-state index in [0.717, 1.165) is 54.8 Å². The number of anilines is 1. The van der Waals surface area contributed by atoms with E-state index in [2.05, 4.69) is 19.2 Å². The first-order chi connectivity index (χ1) is 14.5. The maximum absolute atomic E-state index is 13.3. The van der Waals surface area contributed by atoms with Crippen LogP contribution in [0, 0.1) is 0 Å². The van der Waals surface area contributed by atoms with E-state index in [4.69, 9.17) is 4.98 Å². The average molecular weight is 444 g/mol. The zero-order valence-corrected chi connectivity index (χ0v) is 19.3. The van der Waals surface area contributed by atoms with Crippen LogP contribution in [0.15, 0.2) is 39.1 Å². The zero-order chi connectivity index (χ0) is 21.1. The van der Waals surface area contributed by atoms with Gasteiger partial charge in [0.25, 0.3) is 5.56 Å². The van der Waals surface area contributed by atoms with Gasteiger partial charge in [0.05, 0.1) is 16.3 Å². The molecule has 1 fully saturated rings. The van der Waals surface area contributed by atoms with Crippen molar-refractivity contribution in [1.82, 2.24) is 9.55 Å². The van der Waals surface area contributed by atoms with Crippen molar-refractivity contribution in [3.8, 4) is 0 Å². The lowest BCUT2D eigenvalue weighted by Gasteiger charge is -2.26. The van der Waals surface area contributed by atoms with Crippen LogP contribution in [0.3, 0.4) is 0 Å². The Bertz CT molecular complexity index is 966. The number of carbonyl (C=O) groups excluding carboxylic acids is 1. The molecule has 5 nitrogen and oxygen atoms in total. The number of aromatic nitrogens is 2. The summed E-state index contributed by atoms with van der Waals surface area (Å²) in [6, 6.07) is 8.14. The number of amides is 1. The molecule has 1 aromatic carbocycles. The van der Waals surface area contributed by atoms with Gasteiger partial charge in [0.1, 0.15) is 0 Å².